The number of carbonyl (C=O) groups is 8. The van der Waals surface area contributed by atoms with E-state index >= 15 is 0 Å². The summed E-state index contributed by atoms with van der Waals surface area (Å²) >= 11 is 0. The van der Waals surface area contributed by atoms with Gasteiger partial charge < -0.3 is 14.7 Å². The third-order valence-corrected chi connectivity index (χ3v) is 10.2. The fraction of sp³-hybridized carbons (Fsp3) is 0.826. The third-order valence-electron chi connectivity index (χ3n) is 10.2. The lowest BCUT2D eigenvalue weighted by Crippen LogP contribution is -2.58. The zero-order valence-corrected chi connectivity index (χ0v) is 40.8. The minimum atomic E-state index is -0.723. The van der Waals surface area contributed by atoms with E-state index in [2.05, 4.69) is 83.1 Å². The van der Waals surface area contributed by atoms with Gasteiger partial charge >= 0.3 is 0 Å². The Morgan fingerprint density at radius 1 is 0.367 bits per heavy atom. The molecular formula is C46H82N6O8. The predicted octanol–water partition coefficient (Wildman–Crippen LogP) is 5.86. The van der Waals surface area contributed by atoms with Crippen LogP contribution in [0.4, 0.5) is 0 Å². The molecule has 0 N–H and O–H groups in total. The number of imide groups is 4. The molecule has 0 bridgehead atoms. The maximum Gasteiger partial charge on any atom is 0.250 e. The molecule has 14 heteroatoms. The van der Waals surface area contributed by atoms with Crippen molar-refractivity contribution in [2.45, 2.75) is 150 Å². The van der Waals surface area contributed by atoms with Crippen molar-refractivity contribution in [1.29, 1.82) is 0 Å². The summed E-state index contributed by atoms with van der Waals surface area (Å²) in [5, 5.41) is 0. The lowest BCUT2D eigenvalue weighted by atomic mass is 9.91. The number of amides is 8. The van der Waals surface area contributed by atoms with Gasteiger partial charge in [0.05, 0.1) is 26.2 Å². The summed E-state index contributed by atoms with van der Waals surface area (Å²) in [5.41, 5.74) is -0.728. The molecule has 60 heavy (non-hydrogen) atoms. The van der Waals surface area contributed by atoms with Crippen LogP contribution in [-0.4, -0.2) is 142 Å². The molecule has 0 atom stereocenters. The van der Waals surface area contributed by atoms with E-state index in [9.17, 15) is 38.4 Å². The number of hydrogen-bond donors (Lipinski definition) is 0. The van der Waals surface area contributed by atoms with Crippen LogP contribution in [0.1, 0.15) is 150 Å². The van der Waals surface area contributed by atoms with Crippen molar-refractivity contribution in [3.8, 4) is 0 Å². The third kappa shape index (κ3) is 19.8. The number of hydrogen-bond acceptors (Lipinski definition) is 9. The van der Waals surface area contributed by atoms with Gasteiger partial charge in [0.1, 0.15) is 13.1 Å². The van der Waals surface area contributed by atoms with Gasteiger partial charge in [0.2, 0.25) is 47.3 Å². The van der Waals surface area contributed by atoms with Crippen LogP contribution >= 0.6 is 0 Å². The molecule has 3 rings (SSSR count). The SMILES string of the molecule is CC(C)(C)CCN1CC(=O)N(C(=O)C(C)(C)C)C(=O)C1.CC(C)(C)CCN1CC(=O)N(C(=O)C(C)(C)C)CC1=O.CC(C)(C)CCN1CC(=O)N(CCC(C)(C)C)CC1=O. The molecule has 3 heterocycles. The highest BCUT2D eigenvalue weighted by Gasteiger charge is 2.41. The largest absolute Gasteiger partial charge is 0.332 e. The van der Waals surface area contributed by atoms with Gasteiger partial charge in [-0.05, 0) is 53.9 Å². The highest BCUT2D eigenvalue weighted by atomic mass is 16.2. The van der Waals surface area contributed by atoms with E-state index in [0.29, 0.717) is 26.2 Å². The fourth-order valence-corrected chi connectivity index (χ4v) is 5.91. The molecule has 344 valence electrons. The fourth-order valence-electron chi connectivity index (χ4n) is 5.91. The van der Waals surface area contributed by atoms with Gasteiger partial charge in [-0.25, -0.2) is 4.90 Å². The minimum absolute atomic E-state index is 0.0106. The maximum atomic E-state index is 12.1. The van der Waals surface area contributed by atoms with Crippen LogP contribution in [0.5, 0.6) is 0 Å². The second-order valence-corrected chi connectivity index (χ2v) is 23.6. The monoisotopic (exact) mass is 847 g/mol. The van der Waals surface area contributed by atoms with E-state index in [-0.39, 0.29) is 90.5 Å². The van der Waals surface area contributed by atoms with E-state index in [0.717, 1.165) is 35.5 Å². The molecule has 0 aliphatic carbocycles. The Bertz CT molecular complexity index is 1510. The Morgan fingerprint density at radius 3 is 0.950 bits per heavy atom. The normalized spacial score (nSPS) is 18.1. The molecule has 3 fully saturated rings. The van der Waals surface area contributed by atoms with E-state index in [4.69, 9.17) is 0 Å². The van der Waals surface area contributed by atoms with Crippen LogP contribution in [0, 0.1) is 32.5 Å². The molecule has 0 spiro atoms. The van der Waals surface area contributed by atoms with Gasteiger partial charge in [-0.15, -0.1) is 0 Å². The van der Waals surface area contributed by atoms with Gasteiger partial charge in [0.15, 0.2) is 0 Å². The summed E-state index contributed by atoms with van der Waals surface area (Å²) in [6.45, 7) is 39.2. The van der Waals surface area contributed by atoms with E-state index in [1.165, 1.54) is 0 Å². The Kier molecular flexibility index (Phi) is 19.0. The second-order valence-electron chi connectivity index (χ2n) is 23.6. The molecule has 0 aromatic carbocycles. The average molecular weight is 847 g/mol. The molecule has 0 aromatic heterocycles. The summed E-state index contributed by atoms with van der Waals surface area (Å²) in [7, 11) is 0. The van der Waals surface area contributed by atoms with Crippen LogP contribution in [-0.2, 0) is 38.4 Å². The van der Waals surface area contributed by atoms with Crippen molar-refractivity contribution >= 4 is 47.3 Å². The Morgan fingerprint density at radius 2 is 0.650 bits per heavy atom. The van der Waals surface area contributed by atoms with E-state index < -0.39 is 28.6 Å². The standard InChI is InChI=1S/C16H30N2O2.2C15H26N2O3/c1-15(2,3)7-9-17-11-14(20)18(12-13(17)19)10-8-16(4,5)6;1-14(2,3)7-8-16-9-12(19)17(10-11(16)18)13(20)15(4,5)6;1-14(2,3)7-8-16-9-11(18)17(12(19)10-16)13(20)15(4,5)6/h7-12H2,1-6H3;2*7-10H2,1-6H3. The molecule has 8 amide bonds. The van der Waals surface area contributed by atoms with Crippen LogP contribution in [0.2, 0.25) is 0 Å². The first kappa shape index (κ1) is 54.3. The first-order chi connectivity index (χ1) is 26.8. The number of rotatable bonds is 8. The zero-order valence-electron chi connectivity index (χ0n) is 40.8. The molecular weight excluding hydrogens is 765 g/mol. The van der Waals surface area contributed by atoms with Gasteiger partial charge in [0, 0.05) is 30.5 Å². The first-order valence-corrected chi connectivity index (χ1v) is 21.6. The van der Waals surface area contributed by atoms with Gasteiger partial charge in [-0.2, -0.15) is 0 Å². The van der Waals surface area contributed by atoms with Crippen molar-refractivity contribution in [3.05, 3.63) is 0 Å². The highest BCUT2D eigenvalue weighted by Crippen LogP contribution is 2.25. The summed E-state index contributed by atoms with van der Waals surface area (Å²) in [6.07, 6.45) is 3.59. The lowest BCUT2D eigenvalue weighted by molar-refractivity contribution is -0.163. The predicted molar refractivity (Wildman–Crippen MR) is 235 cm³/mol. The van der Waals surface area contributed by atoms with E-state index in [1.54, 1.807) is 56.2 Å². The Labute approximate surface area is 362 Å². The average Bonchev–Trinajstić information content (AvgIpc) is 3.04. The topological polar surface area (TPSA) is 156 Å². The molecule has 0 unspecified atom stereocenters. The lowest BCUT2D eigenvalue weighted by Gasteiger charge is -2.36. The van der Waals surface area contributed by atoms with Crippen molar-refractivity contribution in [2.75, 3.05) is 65.4 Å². The Balaban J connectivity index is 0.000000450. The van der Waals surface area contributed by atoms with Gasteiger partial charge in [-0.3, -0.25) is 48.2 Å². The number of carbonyl (C=O) groups excluding carboxylic acids is 8. The Hall–Kier alpha value is -3.68. The maximum absolute atomic E-state index is 12.1. The van der Waals surface area contributed by atoms with E-state index in [1.807, 2.05) is 4.90 Å². The van der Waals surface area contributed by atoms with Crippen LogP contribution in [0.3, 0.4) is 0 Å². The molecule has 3 aliphatic rings. The summed E-state index contributed by atoms with van der Waals surface area (Å²) in [6, 6.07) is 0. The quantitative estimate of drug-likeness (QED) is 0.273. The number of nitrogens with zero attached hydrogens (tertiary/aromatic N) is 6. The van der Waals surface area contributed by atoms with Crippen molar-refractivity contribution in [3.63, 3.8) is 0 Å². The summed E-state index contributed by atoms with van der Waals surface area (Å²) < 4.78 is 0. The van der Waals surface area contributed by atoms with Crippen LogP contribution < -0.4 is 0 Å². The molecule has 0 saturated carbocycles. The first-order valence-electron chi connectivity index (χ1n) is 21.6. The highest BCUT2D eigenvalue weighted by molar-refractivity contribution is 6.14. The van der Waals surface area contributed by atoms with Crippen LogP contribution in [0.25, 0.3) is 0 Å². The molecule has 0 radical (unpaired) electrons. The number of piperazine rings is 3. The molecule has 14 nitrogen and oxygen atoms in total. The summed E-state index contributed by atoms with van der Waals surface area (Å²) in [4.78, 5) is 106. The summed E-state index contributed by atoms with van der Waals surface area (Å²) in [5.74, 6) is -1.77. The van der Waals surface area contributed by atoms with Crippen molar-refractivity contribution in [1.82, 2.24) is 29.4 Å². The molecule has 0 aromatic rings. The minimum Gasteiger partial charge on any atom is -0.332 e. The smallest absolute Gasteiger partial charge is 0.250 e. The molecule has 3 aliphatic heterocycles. The zero-order chi connectivity index (χ0) is 47.0. The van der Waals surface area contributed by atoms with Crippen LogP contribution in [0.15, 0.2) is 0 Å². The van der Waals surface area contributed by atoms with Gasteiger partial charge in [0.25, 0.3) is 0 Å². The van der Waals surface area contributed by atoms with Crippen molar-refractivity contribution < 1.29 is 38.4 Å². The van der Waals surface area contributed by atoms with Crippen molar-refractivity contribution in [2.24, 2.45) is 32.5 Å². The van der Waals surface area contributed by atoms with Gasteiger partial charge in [-0.1, -0.05) is 125 Å². The molecule has 3 saturated heterocycles. The second kappa shape index (κ2) is 20.9.